The minimum Gasteiger partial charge on any atom is -0.479 e. The lowest BCUT2D eigenvalue weighted by molar-refractivity contribution is -0.190. The molecule has 0 bridgehead atoms. The van der Waals surface area contributed by atoms with Gasteiger partial charge in [0.05, 0.1) is 26.0 Å². The number of esters is 4. The Hall–Kier alpha value is -3.48. The molecule has 13 nitrogen and oxygen atoms in total. The fourth-order valence-corrected chi connectivity index (χ4v) is 3.52. The number of hydrogen-bond donors (Lipinski definition) is 0. The van der Waals surface area contributed by atoms with Gasteiger partial charge in [-0.1, -0.05) is 12.1 Å². The summed E-state index contributed by atoms with van der Waals surface area (Å²) in [5.41, 5.74) is 0.551. The molecule has 0 amide bonds. The number of methoxy groups -OCH3 is 2. The highest BCUT2D eigenvalue weighted by atomic mass is 16.6. The van der Waals surface area contributed by atoms with Gasteiger partial charge in [-0.05, 0) is 6.08 Å². The largest absolute Gasteiger partial charge is 0.479 e. The predicted molar refractivity (Wildman–Crippen MR) is 112 cm³/mol. The first-order chi connectivity index (χ1) is 16.1. The van der Waals surface area contributed by atoms with Gasteiger partial charge in [0.1, 0.15) is 18.4 Å². The molecule has 0 saturated carbocycles. The summed E-state index contributed by atoms with van der Waals surface area (Å²) < 4.78 is 33.1. The molecule has 1 aliphatic rings. The van der Waals surface area contributed by atoms with Gasteiger partial charge in [-0.15, -0.1) is 5.10 Å². The highest BCUT2D eigenvalue weighted by molar-refractivity contribution is 5.86. The van der Waals surface area contributed by atoms with Crippen molar-refractivity contribution in [2.45, 2.75) is 58.7 Å². The average molecular weight is 483 g/mol. The van der Waals surface area contributed by atoms with Crippen molar-refractivity contribution in [3.63, 3.8) is 0 Å². The Morgan fingerprint density at radius 1 is 1.09 bits per heavy atom. The number of aromatic nitrogens is 3. The Labute approximate surface area is 196 Å². The maximum atomic E-state index is 12.4. The molecule has 2 heterocycles. The van der Waals surface area contributed by atoms with Gasteiger partial charge in [-0.2, -0.15) is 0 Å². The topological polar surface area (TPSA) is 154 Å². The fourth-order valence-electron chi connectivity index (χ4n) is 3.52. The number of hydrogen-bond acceptors (Lipinski definition) is 12. The Bertz CT molecular complexity index is 928. The molecule has 13 heteroatoms. The zero-order valence-corrected chi connectivity index (χ0v) is 19.9. The molecule has 0 fully saturated rings. The van der Waals surface area contributed by atoms with Crippen molar-refractivity contribution < 1.29 is 47.6 Å². The van der Waals surface area contributed by atoms with Crippen LogP contribution in [0.15, 0.2) is 18.0 Å². The van der Waals surface area contributed by atoms with Crippen LogP contribution >= 0.6 is 0 Å². The molecule has 0 radical (unpaired) electrons. The van der Waals surface area contributed by atoms with Crippen LogP contribution in [-0.2, 0) is 54.2 Å². The molecule has 2 unspecified atom stereocenters. The molecular weight excluding hydrogens is 454 g/mol. The normalized spacial score (nSPS) is 21.4. The van der Waals surface area contributed by atoms with Crippen molar-refractivity contribution >= 4 is 23.9 Å². The molecule has 1 aliphatic heterocycles. The van der Waals surface area contributed by atoms with Crippen LogP contribution in [-0.4, -0.2) is 78.0 Å². The number of carbonyl (C=O) groups is 4. The first kappa shape index (κ1) is 26.8. The van der Waals surface area contributed by atoms with Crippen LogP contribution in [0.1, 0.15) is 39.4 Å². The average Bonchev–Trinajstić information content (AvgIpc) is 3.23. The third-order valence-corrected chi connectivity index (χ3v) is 4.94. The second-order valence-electron chi connectivity index (χ2n) is 7.60. The Morgan fingerprint density at radius 2 is 1.76 bits per heavy atom. The van der Waals surface area contributed by atoms with Crippen LogP contribution in [0.4, 0.5) is 0 Å². The molecule has 0 aromatic carbocycles. The summed E-state index contributed by atoms with van der Waals surface area (Å²) >= 11 is 0. The molecule has 2 rings (SSSR count). The first-order valence-electron chi connectivity index (χ1n) is 10.4. The summed E-state index contributed by atoms with van der Waals surface area (Å²) in [5, 5.41) is 8.14. The zero-order valence-electron chi connectivity index (χ0n) is 19.9. The van der Waals surface area contributed by atoms with E-state index in [1.165, 1.54) is 38.8 Å². The van der Waals surface area contributed by atoms with Gasteiger partial charge >= 0.3 is 23.9 Å². The van der Waals surface area contributed by atoms with Gasteiger partial charge < -0.3 is 28.4 Å². The smallest absolute Gasteiger partial charge is 0.373 e. The number of rotatable bonds is 10. The van der Waals surface area contributed by atoms with Gasteiger partial charge in [0.15, 0.2) is 12.2 Å². The summed E-state index contributed by atoms with van der Waals surface area (Å²) in [6.07, 6.45) is -0.329. The number of nitrogens with zero attached hydrogens (tertiary/aromatic N) is 3. The lowest BCUT2D eigenvalue weighted by Crippen LogP contribution is -2.52. The summed E-state index contributed by atoms with van der Waals surface area (Å²) in [4.78, 5) is 47.5. The van der Waals surface area contributed by atoms with E-state index in [2.05, 4.69) is 10.3 Å². The van der Waals surface area contributed by atoms with Crippen LogP contribution in [0.5, 0.6) is 0 Å². The lowest BCUT2D eigenvalue weighted by Gasteiger charge is -2.40. The second-order valence-corrected chi connectivity index (χ2v) is 7.60. The van der Waals surface area contributed by atoms with E-state index >= 15 is 0 Å². The summed E-state index contributed by atoms with van der Waals surface area (Å²) in [6.45, 7) is 5.10. The highest BCUT2D eigenvalue weighted by Gasteiger charge is 2.46. The van der Waals surface area contributed by atoms with Crippen LogP contribution < -0.4 is 0 Å². The summed E-state index contributed by atoms with van der Waals surface area (Å²) in [6, 6.07) is -0.587. The van der Waals surface area contributed by atoms with Crippen molar-refractivity contribution in [1.29, 1.82) is 0 Å². The highest BCUT2D eigenvalue weighted by Crippen LogP contribution is 2.36. The van der Waals surface area contributed by atoms with E-state index in [1.807, 2.05) is 0 Å². The molecule has 0 N–H and O–H groups in total. The molecular formula is C21H29N3O10. The van der Waals surface area contributed by atoms with Gasteiger partial charge in [-0.25, -0.2) is 9.48 Å². The molecule has 0 aliphatic carbocycles. The third-order valence-electron chi connectivity index (χ3n) is 4.94. The van der Waals surface area contributed by atoms with Crippen molar-refractivity contribution in [2.24, 2.45) is 5.92 Å². The molecule has 1 aromatic rings. The minimum absolute atomic E-state index is 0.161. The van der Waals surface area contributed by atoms with E-state index in [0.29, 0.717) is 5.69 Å². The number of carbonyl (C=O) groups excluding carboxylic acids is 4. The zero-order chi connectivity index (χ0) is 25.4. The fraction of sp³-hybridized carbons (Fsp3) is 0.619. The third kappa shape index (κ3) is 7.01. The van der Waals surface area contributed by atoms with Gasteiger partial charge in [0.25, 0.3) is 0 Å². The van der Waals surface area contributed by atoms with Crippen molar-refractivity contribution in [3.05, 3.63) is 23.7 Å². The van der Waals surface area contributed by atoms with Crippen molar-refractivity contribution in [2.75, 3.05) is 20.8 Å². The molecule has 34 heavy (non-hydrogen) atoms. The maximum absolute atomic E-state index is 12.4. The number of ether oxygens (including phenoxy) is 6. The standard InChI is InChI=1S/C21H29N3O10/c1-11-16(24-8-15(9-29-5)22-23-24)7-17(21(28)30-6)34-19(11)20(33-14(4)27)18(32-13(3)26)10-31-12(2)25/h7-8,11,16,18-20H,9-10H2,1-6H3/t11?,16-,18?,19+,20+/m0/s1. The Kier molecular flexibility index (Phi) is 9.54. The Balaban J connectivity index is 2.50. The van der Waals surface area contributed by atoms with Gasteiger partial charge in [0.2, 0.25) is 5.76 Å². The van der Waals surface area contributed by atoms with E-state index in [9.17, 15) is 19.2 Å². The molecule has 1 aromatic heterocycles. The van der Waals surface area contributed by atoms with E-state index in [0.717, 1.165) is 6.92 Å². The summed E-state index contributed by atoms with van der Waals surface area (Å²) in [5.74, 6) is -3.45. The van der Waals surface area contributed by atoms with Crippen LogP contribution in [0, 0.1) is 5.92 Å². The van der Waals surface area contributed by atoms with Gasteiger partial charge in [-0.3, -0.25) is 14.4 Å². The van der Waals surface area contributed by atoms with E-state index in [4.69, 9.17) is 28.4 Å². The van der Waals surface area contributed by atoms with Gasteiger partial charge in [0, 0.05) is 33.8 Å². The van der Waals surface area contributed by atoms with Crippen LogP contribution in [0.25, 0.3) is 0 Å². The molecule has 188 valence electrons. The Morgan fingerprint density at radius 3 is 2.32 bits per heavy atom. The van der Waals surface area contributed by atoms with Crippen LogP contribution in [0.3, 0.4) is 0 Å². The minimum atomic E-state index is -1.24. The quantitative estimate of drug-likeness (QED) is 0.336. The monoisotopic (exact) mass is 483 g/mol. The molecule has 0 spiro atoms. The van der Waals surface area contributed by atoms with E-state index in [-0.39, 0.29) is 12.4 Å². The van der Waals surface area contributed by atoms with Crippen molar-refractivity contribution in [3.8, 4) is 0 Å². The second kappa shape index (κ2) is 12.1. The van der Waals surface area contributed by atoms with Crippen molar-refractivity contribution in [1.82, 2.24) is 15.0 Å². The number of allylic oxidation sites excluding steroid dienone is 1. The SMILES string of the molecule is COCc1cn([C@H]2C=C(C(=O)OC)O[C@@H]([C@H](OC(C)=O)C(COC(C)=O)OC(C)=O)C2C)nn1. The van der Waals surface area contributed by atoms with Crippen LogP contribution in [0.2, 0.25) is 0 Å². The van der Waals surface area contributed by atoms with E-state index < -0.39 is 60.8 Å². The lowest BCUT2D eigenvalue weighted by atomic mass is 9.87. The molecule has 0 saturated heterocycles. The maximum Gasteiger partial charge on any atom is 0.373 e. The molecule has 5 atom stereocenters. The first-order valence-corrected chi connectivity index (χ1v) is 10.4. The summed E-state index contributed by atoms with van der Waals surface area (Å²) in [7, 11) is 2.70. The van der Waals surface area contributed by atoms with E-state index in [1.54, 1.807) is 13.1 Å². The predicted octanol–water partition coefficient (Wildman–Crippen LogP) is 0.484.